The lowest BCUT2D eigenvalue weighted by molar-refractivity contribution is -0.144. The number of imide groups is 1. The highest BCUT2D eigenvalue weighted by Gasteiger charge is 2.61. The van der Waals surface area contributed by atoms with Crippen LogP contribution in [0.3, 0.4) is 0 Å². The molecule has 0 spiro atoms. The molecular weight excluding hydrogens is 390 g/mol. The molecule has 6 nitrogen and oxygen atoms in total. The van der Waals surface area contributed by atoms with Crippen LogP contribution in [0.1, 0.15) is 44.9 Å². The van der Waals surface area contributed by atoms with Crippen LogP contribution in [-0.4, -0.2) is 33.6 Å². The van der Waals surface area contributed by atoms with Crippen LogP contribution >= 0.6 is 0 Å². The molecule has 3 saturated carbocycles. The first-order chi connectivity index (χ1) is 15.1. The number of amides is 3. The van der Waals surface area contributed by atoms with E-state index in [0.717, 1.165) is 48.6 Å². The highest BCUT2D eigenvalue weighted by atomic mass is 16.2. The predicted molar refractivity (Wildman–Crippen MR) is 116 cm³/mol. The number of aromatic nitrogens is 1. The highest BCUT2D eigenvalue weighted by Crippen LogP contribution is 2.56. The first kappa shape index (κ1) is 19.0. The molecule has 0 unspecified atom stereocenters. The van der Waals surface area contributed by atoms with Gasteiger partial charge in [-0.2, -0.15) is 0 Å². The fraction of sp³-hybridized carbons (Fsp3) is 0.520. The van der Waals surface area contributed by atoms with Gasteiger partial charge < -0.3 is 5.32 Å². The van der Waals surface area contributed by atoms with Crippen molar-refractivity contribution in [1.29, 1.82) is 0 Å². The highest BCUT2D eigenvalue weighted by molar-refractivity contribution is 6.06. The zero-order valence-electron chi connectivity index (χ0n) is 17.5. The van der Waals surface area contributed by atoms with Crippen LogP contribution in [0, 0.1) is 29.6 Å². The van der Waals surface area contributed by atoms with Gasteiger partial charge in [0, 0.05) is 29.7 Å². The third kappa shape index (κ3) is 2.91. The Morgan fingerprint density at radius 2 is 1.65 bits per heavy atom. The summed E-state index contributed by atoms with van der Waals surface area (Å²) in [6, 6.07) is 7.74. The van der Waals surface area contributed by atoms with Crippen LogP contribution in [0.5, 0.6) is 0 Å². The lowest BCUT2D eigenvalue weighted by atomic mass is 9.81. The van der Waals surface area contributed by atoms with Gasteiger partial charge in [0.2, 0.25) is 17.7 Å². The minimum absolute atomic E-state index is 0.0174. The van der Waals surface area contributed by atoms with E-state index in [2.05, 4.69) is 10.3 Å². The molecule has 1 saturated heterocycles. The van der Waals surface area contributed by atoms with Crippen molar-refractivity contribution in [2.45, 2.75) is 51.0 Å². The summed E-state index contributed by atoms with van der Waals surface area (Å²) < 4.78 is 0. The Balaban J connectivity index is 1.12. The predicted octanol–water partition coefficient (Wildman–Crippen LogP) is 3.76. The summed E-state index contributed by atoms with van der Waals surface area (Å²) >= 11 is 0. The minimum atomic E-state index is -0.0911. The molecule has 2 aromatic rings. The standard InChI is InChI=1S/C25H27N3O3/c29-23(27-20-3-1-2-14-10-11-26-13-19(14)20)15-6-8-18(9-7-15)28-24(30)21-16-4-5-17(12-16)22(21)25(28)31/h1-3,10-11,13,15-18,21-22H,4-9,12H2,(H,27,29)/t15?,16-,17+,18?,21-,22+. The molecule has 4 fully saturated rings. The number of anilines is 1. The summed E-state index contributed by atoms with van der Waals surface area (Å²) in [6.45, 7) is 0. The van der Waals surface area contributed by atoms with Crippen molar-refractivity contribution in [3.8, 4) is 0 Å². The monoisotopic (exact) mass is 417 g/mol. The molecule has 4 aliphatic rings. The van der Waals surface area contributed by atoms with Crippen molar-refractivity contribution >= 4 is 34.2 Å². The Kier molecular flexibility index (Phi) is 4.37. The van der Waals surface area contributed by atoms with Gasteiger partial charge in [-0.25, -0.2) is 0 Å². The number of carbonyl (C=O) groups excluding carboxylic acids is 3. The molecule has 1 aromatic carbocycles. The number of fused-ring (bicyclic) bond motifs is 6. The van der Waals surface area contributed by atoms with E-state index < -0.39 is 0 Å². The van der Waals surface area contributed by atoms with Gasteiger partial charge in [0.15, 0.2) is 0 Å². The van der Waals surface area contributed by atoms with E-state index in [4.69, 9.17) is 0 Å². The smallest absolute Gasteiger partial charge is 0.233 e. The molecule has 1 aromatic heterocycles. The average Bonchev–Trinajstić information content (AvgIpc) is 3.48. The van der Waals surface area contributed by atoms with Gasteiger partial charge in [0.1, 0.15) is 0 Å². The Hall–Kier alpha value is -2.76. The van der Waals surface area contributed by atoms with E-state index in [0.29, 0.717) is 24.7 Å². The van der Waals surface area contributed by atoms with E-state index in [-0.39, 0.29) is 41.5 Å². The quantitative estimate of drug-likeness (QED) is 0.771. The maximum atomic E-state index is 13.1. The van der Waals surface area contributed by atoms with Gasteiger partial charge in [-0.1, -0.05) is 12.1 Å². The maximum Gasteiger partial charge on any atom is 0.233 e. The molecule has 31 heavy (non-hydrogen) atoms. The van der Waals surface area contributed by atoms with Crippen molar-refractivity contribution in [2.24, 2.45) is 29.6 Å². The van der Waals surface area contributed by atoms with Gasteiger partial charge in [0.25, 0.3) is 0 Å². The number of hydrogen-bond donors (Lipinski definition) is 1. The second-order valence-electron chi connectivity index (χ2n) is 9.83. The molecule has 1 N–H and O–H groups in total. The van der Waals surface area contributed by atoms with E-state index in [1.165, 1.54) is 0 Å². The minimum Gasteiger partial charge on any atom is -0.325 e. The van der Waals surface area contributed by atoms with Gasteiger partial charge >= 0.3 is 0 Å². The zero-order chi connectivity index (χ0) is 21.1. The van der Waals surface area contributed by atoms with E-state index >= 15 is 0 Å². The van der Waals surface area contributed by atoms with Crippen LogP contribution in [0.4, 0.5) is 5.69 Å². The summed E-state index contributed by atoms with van der Waals surface area (Å²) in [7, 11) is 0. The van der Waals surface area contributed by atoms with Crippen molar-refractivity contribution in [3.63, 3.8) is 0 Å². The number of nitrogens with one attached hydrogen (secondary N) is 1. The SMILES string of the molecule is O=C(Nc1cccc2ccncc12)C1CCC(N2C(=O)[C@@H]3[C@@H]4CC[C@@H](C4)[C@@H]3C2=O)CC1. The zero-order valence-corrected chi connectivity index (χ0v) is 17.5. The second kappa shape index (κ2) is 7.14. The maximum absolute atomic E-state index is 13.1. The Labute approximate surface area is 181 Å². The first-order valence-electron chi connectivity index (χ1n) is 11.6. The Bertz CT molecular complexity index is 1040. The van der Waals surface area contributed by atoms with Crippen molar-refractivity contribution < 1.29 is 14.4 Å². The number of rotatable bonds is 3. The molecule has 4 atom stereocenters. The molecule has 2 heterocycles. The summed E-state index contributed by atoms with van der Waals surface area (Å²) in [5.41, 5.74) is 0.783. The molecule has 6 rings (SSSR count). The van der Waals surface area contributed by atoms with E-state index in [1.54, 1.807) is 17.3 Å². The molecule has 6 heteroatoms. The number of hydrogen-bond acceptors (Lipinski definition) is 4. The van der Waals surface area contributed by atoms with Crippen LogP contribution in [-0.2, 0) is 14.4 Å². The molecule has 1 aliphatic heterocycles. The van der Waals surface area contributed by atoms with Crippen molar-refractivity contribution in [3.05, 3.63) is 36.7 Å². The fourth-order valence-corrected chi connectivity index (χ4v) is 6.85. The van der Waals surface area contributed by atoms with Crippen molar-refractivity contribution in [1.82, 2.24) is 9.88 Å². The third-order valence-electron chi connectivity index (χ3n) is 8.34. The third-order valence-corrected chi connectivity index (χ3v) is 8.34. The molecule has 3 amide bonds. The van der Waals surface area contributed by atoms with Gasteiger partial charge in [-0.3, -0.25) is 24.3 Å². The number of nitrogens with zero attached hydrogens (tertiary/aromatic N) is 2. The topological polar surface area (TPSA) is 79.4 Å². The average molecular weight is 418 g/mol. The first-order valence-corrected chi connectivity index (χ1v) is 11.6. The normalized spacial score (nSPS) is 34.4. The largest absolute Gasteiger partial charge is 0.325 e. The number of likely N-dealkylation sites (tertiary alicyclic amines) is 1. The Morgan fingerprint density at radius 3 is 2.35 bits per heavy atom. The molecule has 0 radical (unpaired) electrons. The van der Waals surface area contributed by atoms with E-state index in [1.807, 2.05) is 24.3 Å². The lowest BCUT2D eigenvalue weighted by Gasteiger charge is -2.33. The number of benzene rings is 1. The number of pyridine rings is 1. The Morgan fingerprint density at radius 1 is 0.935 bits per heavy atom. The van der Waals surface area contributed by atoms with Gasteiger partial charge in [-0.05, 0) is 74.3 Å². The summed E-state index contributed by atoms with van der Waals surface area (Å²) in [5, 5.41) is 5.06. The second-order valence-corrected chi connectivity index (χ2v) is 9.83. The number of carbonyl (C=O) groups is 3. The van der Waals surface area contributed by atoms with Crippen molar-refractivity contribution in [2.75, 3.05) is 5.32 Å². The summed E-state index contributed by atoms with van der Waals surface area (Å²) in [6.07, 6.45) is 9.66. The van der Waals surface area contributed by atoms with E-state index in [9.17, 15) is 14.4 Å². The van der Waals surface area contributed by atoms with Gasteiger partial charge in [0.05, 0.1) is 17.5 Å². The van der Waals surface area contributed by atoms with Gasteiger partial charge in [-0.15, -0.1) is 0 Å². The van der Waals surface area contributed by atoms with Crippen LogP contribution in [0.25, 0.3) is 10.8 Å². The summed E-state index contributed by atoms with van der Waals surface area (Å²) in [4.78, 5) is 44.9. The lowest BCUT2D eigenvalue weighted by Crippen LogP contribution is -2.44. The molecule has 160 valence electrons. The van der Waals surface area contributed by atoms with Crippen LogP contribution in [0.2, 0.25) is 0 Å². The van der Waals surface area contributed by atoms with Crippen LogP contribution < -0.4 is 5.32 Å². The fourth-order valence-electron chi connectivity index (χ4n) is 6.85. The molecular formula is C25H27N3O3. The molecule has 3 aliphatic carbocycles. The summed E-state index contributed by atoms with van der Waals surface area (Å²) in [5.74, 6) is 0.842. The molecule has 2 bridgehead atoms. The van der Waals surface area contributed by atoms with Crippen LogP contribution in [0.15, 0.2) is 36.7 Å².